The predicted octanol–water partition coefficient (Wildman–Crippen LogP) is 3.08. The minimum Gasteiger partial charge on any atom is -0.274 e. The molecule has 104 valence electrons. The lowest BCUT2D eigenvalue weighted by molar-refractivity contribution is -0.123. The summed E-state index contributed by atoms with van der Waals surface area (Å²) < 4.78 is 27.2. The fraction of sp³-hybridized carbons (Fsp3) is 0.417. The third-order valence-electron chi connectivity index (χ3n) is 3.06. The Morgan fingerprint density at radius 2 is 1.89 bits per heavy atom. The summed E-state index contributed by atoms with van der Waals surface area (Å²) in [5, 5.41) is 0. The van der Waals surface area contributed by atoms with E-state index in [9.17, 15) is 13.2 Å². The Balaban J connectivity index is 2.52. The van der Waals surface area contributed by atoms with Gasteiger partial charge in [0, 0.05) is 21.9 Å². The molecule has 1 atom stereocenters. The van der Waals surface area contributed by atoms with Crippen molar-refractivity contribution in [3.63, 3.8) is 0 Å². The van der Waals surface area contributed by atoms with Gasteiger partial charge in [-0.25, -0.2) is 12.7 Å². The molecule has 1 aliphatic heterocycles. The summed E-state index contributed by atoms with van der Waals surface area (Å²) in [7, 11) is -3.78. The number of hydrogen-bond acceptors (Lipinski definition) is 3. The molecule has 4 nitrogen and oxygen atoms in total. The van der Waals surface area contributed by atoms with Gasteiger partial charge in [0.15, 0.2) is 0 Å². The molecule has 1 aromatic carbocycles. The van der Waals surface area contributed by atoms with Gasteiger partial charge in [-0.15, -0.1) is 0 Å². The number of amides is 1. The van der Waals surface area contributed by atoms with Crippen LogP contribution in [0.25, 0.3) is 0 Å². The average molecular weight is 411 g/mol. The summed E-state index contributed by atoms with van der Waals surface area (Å²) in [4.78, 5) is 11.9. The van der Waals surface area contributed by atoms with Gasteiger partial charge in [-0.2, -0.15) is 0 Å². The monoisotopic (exact) mass is 409 g/mol. The van der Waals surface area contributed by atoms with Crippen molar-refractivity contribution in [3.05, 3.63) is 26.6 Å². The van der Waals surface area contributed by atoms with E-state index in [0.29, 0.717) is 8.95 Å². The Bertz CT molecular complexity index is 643. The highest BCUT2D eigenvalue weighted by atomic mass is 79.9. The Morgan fingerprint density at radius 1 is 1.26 bits per heavy atom. The lowest BCUT2D eigenvalue weighted by atomic mass is 10.2. The molecule has 0 aliphatic carbocycles. The molecule has 1 amide bonds. The van der Waals surface area contributed by atoms with Crippen LogP contribution in [0.2, 0.25) is 0 Å². The van der Waals surface area contributed by atoms with Gasteiger partial charge in [0.2, 0.25) is 5.91 Å². The molecule has 0 bridgehead atoms. The second kappa shape index (κ2) is 5.18. The number of rotatable bonds is 2. The Hall–Kier alpha value is -0.400. The molecule has 0 spiro atoms. The largest absolute Gasteiger partial charge is 0.274 e. The summed E-state index contributed by atoms with van der Waals surface area (Å²) in [6, 6.07) is 3.26. The van der Waals surface area contributed by atoms with Crippen molar-refractivity contribution in [2.24, 2.45) is 5.92 Å². The average Bonchev–Trinajstić information content (AvgIpc) is 2.63. The number of aryl methyl sites for hydroxylation is 1. The van der Waals surface area contributed by atoms with Crippen molar-refractivity contribution < 1.29 is 13.2 Å². The van der Waals surface area contributed by atoms with Gasteiger partial charge in [-0.1, -0.05) is 22.9 Å². The van der Waals surface area contributed by atoms with Crippen LogP contribution in [0.15, 0.2) is 26.0 Å². The molecule has 7 heteroatoms. The molecule has 1 aromatic rings. The summed E-state index contributed by atoms with van der Waals surface area (Å²) in [6.45, 7) is 3.99. The molecule has 1 saturated heterocycles. The molecule has 1 fully saturated rings. The first kappa shape index (κ1) is 15.0. The number of sulfonamides is 1. The van der Waals surface area contributed by atoms with Crippen molar-refractivity contribution in [2.45, 2.75) is 25.2 Å². The molecule has 1 aliphatic rings. The third-order valence-corrected chi connectivity index (χ3v) is 6.66. The Kier molecular flexibility index (Phi) is 4.09. The van der Waals surface area contributed by atoms with Gasteiger partial charge in [-0.05, 0) is 46.5 Å². The van der Waals surface area contributed by atoms with Gasteiger partial charge in [0.25, 0.3) is 10.0 Å². The quantitative estimate of drug-likeness (QED) is 0.752. The molecule has 1 unspecified atom stereocenters. The van der Waals surface area contributed by atoms with Gasteiger partial charge in [0.1, 0.15) is 4.90 Å². The standard InChI is InChI=1S/C12H13Br2NO3S/c1-7-3-12(16)15(6-7)19(17,18)11-5-9(13)8(2)4-10(11)14/h4-5,7H,3,6H2,1-2H3. The SMILES string of the molecule is Cc1cc(Br)c(S(=O)(=O)N2CC(C)CC2=O)cc1Br. The molecular formula is C12H13Br2NO3S. The smallest absolute Gasteiger partial charge is 0.267 e. The molecule has 0 aromatic heterocycles. The second-order valence-electron chi connectivity index (χ2n) is 4.77. The van der Waals surface area contributed by atoms with E-state index in [-0.39, 0.29) is 29.7 Å². The highest BCUT2D eigenvalue weighted by molar-refractivity contribution is 9.11. The van der Waals surface area contributed by atoms with Gasteiger partial charge in [0.05, 0.1) is 0 Å². The molecule has 2 rings (SSSR count). The minimum absolute atomic E-state index is 0.0648. The zero-order valence-electron chi connectivity index (χ0n) is 10.5. The second-order valence-corrected chi connectivity index (χ2v) is 8.31. The summed E-state index contributed by atoms with van der Waals surface area (Å²) in [6.07, 6.45) is 0.282. The van der Waals surface area contributed by atoms with E-state index in [0.717, 1.165) is 9.87 Å². The molecule has 1 heterocycles. The van der Waals surface area contributed by atoms with Crippen molar-refractivity contribution in [3.8, 4) is 0 Å². The first-order valence-electron chi connectivity index (χ1n) is 5.74. The van der Waals surface area contributed by atoms with Crippen LogP contribution >= 0.6 is 31.9 Å². The van der Waals surface area contributed by atoms with E-state index in [1.165, 1.54) is 6.07 Å². The molecule has 19 heavy (non-hydrogen) atoms. The highest BCUT2D eigenvalue weighted by Gasteiger charge is 2.37. The fourth-order valence-electron chi connectivity index (χ4n) is 2.03. The van der Waals surface area contributed by atoms with Crippen molar-refractivity contribution in [1.29, 1.82) is 0 Å². The number of carbonyl (C=O) groups excluding carboxylic acids is 1. The van der Waals surface area contributed by atoms with Gasteiger partial charge >= 0.3 is 0 Å². The predicted molar refractivity (Wildman–Crippen MR) is 79.3 cm³/mol. The van der Waals surface area contributed by atoms with E-state index in [2.05, 4.69) is 31.9 Å². The van der Waals surface area contributed by atoms with E-state index in [4.69, 9.17) is 0 Å². The van der Waals surface area contributed by atoms with Crippen molar-refractivity contribution in [2.75, 3.05) is 6.54 Å². The van der Waals surface area contributed by atoms with Crippen LogP contribution in [0.3, 0.4) is 0 Å². The van der Waals surface area contributed by atoms with Crippen molar-refractivity contribution >= 4 is 47.8 Å². The number of carbonyl (C=O) groups is 1. The minimum atomic E-state index is -3.78. The zero-order chi connectivity index (χ0) is 14.4. The van der Waals surface area contributed by atoms with Crippen molar-refractivity contribution in [1.82, 2.24) is 4.31 Å². The topological polar surface area (TPSA) is 54.5 Å². The Labute approximate surface area is 129 Å². The number of nitrogens with zero attached hydrogens (tertiary/aromatic N) is 1. The van der Waals surface area contributed by atoms with Crippen LogP contribution in [0, 0.1) is 12.8 Å². The van der Waals surface area contributed by atoms with E-state index in [1.54, 1.807) is 6.07 Å². The molecule has 0 N–H and O–H groups in total. The molecule has 0 radical (unpaired) electrons. The lowest BCUT2D eigenvalue weighted by Gasteiger charge is -2.18. The number of hydrogen-bond donors (Lipinski definition) is 0. The van der Waals surface area contributed by atoms with Crippen LogP contribution in [-0.4, -0.2) is 25.2 Å². The van der Waals surface area contributed by atoms with E-state index in [1.807, 2.05) is 13.8 Å². The molecular weight excluding hydrogens is 398 g/mol. The van der Waals surface area contributed by atoms with Crippen LogP contribution in [0.4, 0.5) is 0 Å². The maximum atomic E-state index is 12.5. The summed E-state index contributed by atoms with van der Waals surface area (Å²) >= 11 is 6.58. The molecule has 0 saturated carbocycles. The maximum Gasteiger partial charge on any atom is 0.267 e. The fourth-order valence-corrected chi connectivity index (χ4v) is 5.20. The van der Waals surface area contributed by atoms with Crippen LogP contribution < -0.4 is 0 Å². The highest BCUT2D eigenvalue weighted by Crippen LogP contribution is 2.33. The first-order valence-corrected chi connectivity index (χ1v) is 8.77. The third kappa shape index (κ3) is 2.73. The van der Waals surface area contributed by atoms with E-state index >= 15 is 0 Å². The van der Waals surface area contributed by atoms with Crippen LogP contribution in [0.5, 0.6) is 0 Å². The Morgan fingerprint density at radius 3 is 2.42 bits per heavy atom. The lowest BCUT2D eigenvalue weighted by Crippen LogP contribution is -2.32. The van der Waals surface area contributed by atoms with Crippen LogP contribution in [-0.2, 0) is 14.8 Å². The zero-order valence-corrected chi connectivity index (χ0v) is 14.5. The summed E-state index contributed by atoms with van der Waals surface area (Å²) in [5.41, 5.74) is 0.923. The van der Waals surface area contributed by atoms with Gasteiger partial charge in [-0.3, -0.25) is 4.79 Å². The first-order chi connectivity index (χ1) is 8.73. The van der Waals surface area contributed by atoms with Crippen LogP contribution in [0.1, 0.15) is 18.9 Å². The number of halogens is 2. The maximum absolute atomic E-state index is 12.5. The normalized spacial score (nSPS) is 20.1. The van der Waals surface area contributed by atoms with Gasteiger partial charge < -0.3 is 0 Å². The summed E-state index contributed by atoms with van der Waals surface area (Å²) in [5.74, 6) is -0.272. The number of benzene rings is 1. The van der Waals surface area contributed by atoms with E-state index < -0.39 is 10.0 Å².